The highest BCUT2D eigenvalue weighted by molar-refractivity contribution is 9.10. The lowest BCUT2D eigenvalue weighted by Crippen LogP contribution is -2.27. The fourth-order valence-corrected chi connectivity index (χ4v) is 2.04. The summed E-state index contributed by atoms with van der Waals surface area (Å²) in [5, 5.41) is 23.1. The van der Waals surface area contributed by atoms with Crippen molar-refractivity contribution in [3.63, 3.8) is 0 Å². The molecule has 0 spiro atoms. The number of aliphatic hydroxyl groups is 1. The number of anilines is 1. The minimum Gasteiger partial charge on any atom is -0.396 e. The second-order valence-electron chi connectivity index (χ2n) is 4.43. The molecule has 5 nitrogen and oxygen atoms in total. The van der Waals surface area contributed by atoms with Crippen LogP contribution < -0.4 is 5.32 Å². The second kappa shape index (κ2) is 6.70. The molecule has 2 N–H and O–H groups in total. The van der Waals surface area contributed by atoms with Crippen LogP contribution in [0.1, 0.15) is 20.3 Å². The van der Waals surface area contributed by atoms with Gasteiger partial charge in [-0.15, -0.1) is 0 Å². The summed E-state index contributed by atoms with van der Waals surface area (Å²) >= 11 is 3.22. The number of hydrogen-bond donors (Lipinski definition) is 2. The zero-order valence-electron chi connectivity index (χ0n) is 10.4. The molecule has 1 unspecified atom stereocenters. The molecule has 1 aromatic rings. The first kappa shape index (κ1) is 14.9. The molecule has 0 amide bonds. The van der Waals surface area contributed by atoms with Crippen LogP contribution in [0, 0.1) is 16.0 Å². The molecule has 1 aromatic carbocycles. The van der Waals surface area contributed by atoms with Gasteiger partial charge >= 0.3 is 0 Å². The molecule has 1 rings (SSSR count). The van der Waals surface area contributed by atoms with Gasteiger partial charge in [-0.3, -0.25) is 10.1 Å². The lowest BCUT2D eigenvalue weighted by molar-refractivity contribution is -0.384. The number of rotatable bonds is 6. The van der Waals surface area contributed by atoms with Crippen LogP contribution >= 0.6 is 15.9 Å². The van der Waals surface area contributed by atoms with E-state index in [1.54, 1.807) is 12.1 Å². The Morgan fingerprint density at radius 1 is 1.50 bits per heavy atom. The van der Waals surface area contributed by atoms with Gasteiger partial charge in [0.25, 0.3) is 5.69 Å². The highest BCUT2D eigenvalue weighted by atomic mass is 79.9. The number of nitro benzene ring substituents is 1. The van der Waals surface area contributed by atoms with Gasteiger partial charge in [-0.05, 0) is 24.5 Å². The van der Waals surface area contributed by atoms with Gasteiger partial charge in [0, 0.05) is 23.2 Å². The lowest BCUT2D eigenvalue weighted by atomic mass is 10.0. The second-order valence-corrected chi connectivity index (χ2v) is 5.34. The van der Waals surface area contributed by atoms with Crippen molar-refractivity contribution in [2.24, 2.45) is 5.92 Å². The maximum atomic E-state index is 11.0. The number of halogens is 1. The van der Waals surface area contributed by atoms with Crippen LogP contribution in [0.5, 0.6) is 0 Å². The number of nitro groups is 1. The summed E-state index contributed by atoms with van der Waals surface area (Å²) in [5.41, 5.74) is 0.517. The summed E-state index contributed by atoms with van der Waals surface area (Å²) in [6.45, 7) is 4.08. The van der Waals surface area contributed by atoms with Crippen molar-refractivity contribution in [2.45, 2.75) is 26.3 Å². The monoisotopic (exact) mass is 316 g/mol. The molecule has 0 saturated heterocycles. The molecule has 6 heteroatoms. The smallest absolute Gasteiger partial charge is 0.293 e. The van der Waals surface area contributed by atoms with E-state index in [2.05, 4.69) is 21.2 Å². The number of nitrogens with one attached hydrogen (secondary N) is 1. The zero-order chi connectivity index (χ0) is 13.7. The summed E-state index contributed by atoms with van der Waals surface area (Å²) < 4.78 is 0.669. The summed E-state index contributed by atoms with van der Waals surface area (Å²) in [4.78, 5) is 10.6. The predicted molar refractivity (Wildman–Crippen MR) is 74.7 cm³/mol. The van der Waals surface area contributed by atoms with Crippen molar-refractivity contribution in [3.05, 3.63) is 32.8 Å². The molecule has 0 aromatic heterocycles. The van der Waals surface area contributed by atoms with Crippen LogP contribution in [0.25, 0.3) is 0 Å². The van der Waals surface area contributed by atoms with Gasteiger partial charge < -0.3 is 10.4 Å². The first-order chi connectivity index (χ1) is 8.45. The van der Waals surface area contributed by atoms with Gasteiger partial charge in [-0.1, -0.05) is 29.8 Å². The van der Waals surface area contributed by atoms with E-state index in [0.717, 1.165) is 0 Å². The van der Waals surface area contributed by atoms with Crippen LogP contribution in [0.2, 0.25) is 0 Å². The van der Waals surface area contributed by atoms with Gasteiger partial charge in [-0.25, -0.2) is 0 Å². The van der Waals surface area contributed by atoms with Gasteiger partial charge in [0.05, 0.1) is 4.92 Å². The average molecular weight is 317 g/mol. The van der Waals surface area contributed by atoms with Crippen molar-refractivity contribution in [2.75, 3.05) is 11.9 Å². The fourth-order valence-electron chi connectivity index (χ4n) is 1.69. The van der Waals surface area contributed by atoms with E-state index in [0.29, 0.717) is 16.6 Å². The quantitative estimate of drug-likeness (QED) is 0.624. The molecule has 0 bridgehead atoms. The molecule has 18 heavy (non-hydrogen) atoms. The largest absolute Gasteiger partial charge is 0.396 e. The number of nitrogens with zero attached hydrogens (tertiary/aromatic N) is 1. The Kier molecular flexibility index (Phi) is 5.55. The van der Waals surface area contributed by atoms with E-state index < -0.39 is 4.92 Å². The van der Waals surface area contributed by atoms with E-state index >= 15 is 0 Å². The Labute approximate surface area is 114 Å². The average Bonchev–Trinajstić information content (AvgIpc) is 2.30. The van der Waals surface area contributed by atoms with Gasteiger partial charge in [-0.2, -0.15) is 0 Å². The Morgan fingerprint density at radius 2 is 2.17 bits per heavy atom. The van der Waals surface area contributed by atoms with Crippen molar-refractivity contribution < 1.29 is 10.0 Å². The molecule has 0 aliphatic heterocycles. The molecule has 0 aliphatic rings. The highest BCUT2D eigenvalue weighted by Gasteiger charge is 2.19. The Balaban J connectivity index is 2.98. The minimum absolute atomic E-state index is 0.00914. The van der Waals surface area contributed by atoms with Gasteiger partial charge in [0.15, 0.2) is 0 Å². The normalized spacial score (nSPS) is 12.5. The third-order valence-corrected chi connectivity index (χ3v) is 3.24. The molecule has 0 saturated carbocycles. The van der Waals surface area contributed by atoms with E-state index in [4.69, 9.17) is 5.11 Å². The van der Waals surface area contributed by atoms with E-state index in [9.17, 15) is 10.1 Å². The molecule has 0 radical (unpaired) electrons. The molecular formula is C12H17BrN2O3. The molecule has 0 heterocycles. The first-order valence-electron chi connectivity index (χ1n) is 5.77. The fraction of sp³-hybridized carbons (Fsp3) is 0.500. The minimum atomic E-state index is -0.413. The number of aliphatic hydroxyl groups excluding tert-OH is 1. The molecular weight excluding hydrogens is 300 g/mol. The maximum Gasteiger partial charge on any atom is 0.293 e. The molecule has 0 aliphatic carbocycles. The zero-order valence-corrected chi connectivity index (χ0v) is 12.0. The summed E-state index contributed by atoms with van der Waals surface area (Å²) in [6.07, 6.45) is 0.560. The summed E-state index contributed by atoms with van der Waals surface area (Å²) in [6, 6.07) is 4.91. The number of hydrogen-bond acceptors (Lipinski definition) is 4. The Bertz CT molecular complexity index is 424. The van der Waals surface area contributed by atoms with E-state index in [-0.39, 0.29) is 24.3 Å². The van der Waals surface area contributed by atoms with Crippen LogP contribution in [0.15, 0.2) is 22.7 Å². The van der Waals surface area contributed by atoms with Gasteiger partial charge in [0.2, 0.25) is 0 Å². The standard InChI is InChI=1S/C12H17BrN2O3/c1-8(2)10(5-6-16)14-11-4-3-9(13)7-12(11)15(17)18/h3-4,7-8,10,14,16H,5-6H2,1-2H3. The van der Waals surface area contributed by atoms with Crippen molar-refractivity contribution >= 4 is 27.3 Å². The van der Waals surface area contributed by atoms with Gasteiger partial charge in [0.1, 0.15) is 5.69 Å². The van der Waals surface area contributed by atoms with Crippen LogP contribution in [-0.2, 0) is 0 Å². The lowest BCUT2D eigenvalue weighted by Gasteiger charge is -2.22. The SMILES string of the molecule is CC(C)C(CCO)Nc1ccc(Br)cc1[N+](=O)[O-]. The Hall–Kier alpha value is -1.14. The summed E-state index contributed by atoms with van der Waals surface area (Å²) in [7, 11) is 0. The van der Waals surface area contributed by atoms with Crippen LogP contribution in [-0.4, -0.2) is 22.7 Å². The van der Waals surface area contributed by atoms with E-state index in [1.165, 1.54) is 6.07 Å². The predicted octanol–water partition coefficient (Wildman–Crippen LogP) is 3.18. The molecule has 100 valence electrons. The third-order valence-electron chi connectivity index (χ3n) is 2.74. The topological polar surface area (TPSA) is 75.4 Å². The Morgan fingerprint density at radius 3 is 2.67 bits per heavy atom. The highest BCUT2D eigenvalue weighted by Crippen LogP contribution is 2.29. The van der Waals surface area contributed by atoms with E-state index in [1.807, 2.05) is 13.8 Å². The molecule has 1 atom stereocenters. The summed E-state index contributed by atoms with van der Waals surface area (Å²) in [5.74, 6) is 0.278. The first-order valence-corrected chi connectivity index (χ1v) is 6.56. The molecule has 0 fully saturated rings. The van der Waals surface area contributed by atoms with Crippen molar-refractivity contribution in [1.82, 2.24) is 0 Å². The van der Waals surface area contributed by atoms with Crippen LogP contribution in [0.3, 0.4) is 0 Å². The van der Waals surface area contributed by atoms with Crippen LogP contribution in [0.4, 0.5) is 11.4 Å². The third kappa shape index (κ3) is 3.96. The van der Waals surface area contributed by atoms with Crippen molar-refractivity contribution in [1.29, 1.82) is 0 Å². The van der Waals surface area contributed by atoms with Crippen molar-refractivity contribution in [3.8, 4) is 0 Å². The number of benzene rings is 1. The maximum absolute atomic E-state index is 11.0.